The van der Waals surface area contributed by atoms with Gasteiger partial charge in [0, 0.05) is 41.7 Å². The molecule has 4 heteroatoms. The molecule has 1 aliphatic rings. The minimum Gasteiger partial charge on any atom is -0.383 e. The summed E-state index contributed by atoms with van der Waals surface area (Å²) in [5.41, 5.74) is 2.77. The van der Waals surface area contributed by atoms with Crippen LogP contribution in [0.4, 0.5) is 11.4 Å². The molecular weight excluding hydrogens is 280 g/mol. The van der Waals surface area contributed by atoms with Crippen molar-refractivity contribution in [2.45, 2.75) is 9.79 Å². The number of nitrogens with zero attached hydrogens (tertiary/aromatic N) is 1. The molecule has 0 atom stereocenters. The van der Waals surface area contributed by atoms with Crippen molar-refractivity contribution < 1.29 is 4.79 Å². The first-order chi connectivity index (χ1) is 10.1. The van der Waals surface area contributed by atoms with Crippen LogP contribution in [0.5, 0.6) is 0 Å². The third kappa shape index (κ3) is 2.95. The smallest absolute Gasteiger partial charge is 0.187 e. The molecule has 0 aromatic heterocycles. The Morgan fingerprint density at radius 3 is 2.67 bits per heavy atom. The van der Waals surface area contributed by atoms with Crippen molar-refractivity contribution in [2.24, 2.45) is 0 Å². The van der Waals surface area contributed by atoms with E-state index in [4.69, 9.17) is 0 Å². The molecule has 2 aromatic carbocycles. The van der Waals surface area contributed by atoms with Gasteiger partial charge in [0.2, 0.25) is 0 Å². The average molecular weight is 296 g/mol. The molecule has 1 aliphatic heterocycles. The minimum atomic E-state index is 0.0113. The first-order valence-electron chi connectivity index (χ1n) is 6.70. The SMILES string of the molecule is CN(C)C=CC(=O)c1ccc2c(c1)Nc1ccccc1S2. The summed E-state index contributed by atoms with van der Waals surface area (Å²) in [7, 11) is 3.79. The van der Waals surface area contributed by atoms with Gasteiger partial charge in [0.25, 0.3) is 0 Å². The molecule has 0 aliphatic carbocycles. The topological polar surface area (TPSA) is 32.3 Å². The van der Waals surface area contributed by atoms with Crippen LogP contribution in [0.2, 0.25) is 0 Å². The monoisotopic (exact) mass is 296 g/mol. The van der Waals surface area contributed by atoms with E-state index in [-0.39, 0.29) is 5.78 Å². The van der Waals surface area contributed by atoms with Gasteiger partial charge in [0.1, 0.15) is 0 Å². The Kier molecular flexibility index (Phi) is 3.71. The Bertz CT molecular complexity index is 722. The zero-order chi connectivity index (χ0) is 14.8. The van der Waals surface area contributed by atoms with E-state index in [0.29, 0.717) is 5.56 Å². The number of rotatable bonds is 3. The van der Waals surface area contributed by atoms with Gasteiger partial charge < -0.3 is 10.2 Å². The molecule has 3 rings (SSSR count). The predicted molar refractivity (Wildman–Crippen MR) is 87.4 cm³/mol. The lowest BCUT2D eigenvalue weighted by Gasteiger charge is -2.20. The van der Waals surface area contributed by atoms with Gasteiger partial charge in [-0.15, -0.1) is 0 Å². The summed E-state index contributed by atoms with van der Waals surface area (Å²) in [6.07, 6.45) is 3.35. The quantitative estimate of drug-likeness (QED) is 0.581. The van der Waals surface area contributed by atoms with Crippen LogP contribution < -0.4 is 5.32 Å². The molecule has 0 radical (unpaired) electrons. The molecule has 0 spiro atoms. The van der Waals surface area contributed by atoms with Gasteiger partial charge in [0.05, 0.1) is 11.4 Å². The van der Waals surface area contributed by atoms with Crippen molar-refractivity contribution in [3.63, 3.8) is 0 Å². The molecule has 21 heavy (non-hydrogen) atoms. The number of ketones is 1. The summed E-state index contributed by atoms with van der Waals surface area (Å²) in [6, 6.07) is 14.0. The van der Waals surface area contributed by atoms with Crippen molar-refractivity contribution in [3.05, 3.63) is 60.3 Å². The van der Waals surface area contributed by atoms with Gasteiger partial charge in [-0.05, 0) is 30.3 Å². The fourth-order valence-electron chi connectivity index (χ4n) is 2.11. The largest absolute Gasteiger partial charge is 0.383 e. The maximum atomic E-state index is 12.1. The summed E-state index contributed by atoms with van der Waals surface area (Å²) in [4.78, 5) is 16.3. The highest BCUT2D eigenvalue weighted by molar-refractivity contribution is 7.99. The Balaban J connectivity index is 1.88. The van der Waals surface area contributed by atoms with E-state index in [0.717, 1.165) is 16.3 Å². The Morgan fingerprint density at radius 2 is 1.86 bits per heavy atom. The minimum absolute atomic E-state index is 0.0113. The third-order valence-corrected chi connectivity index (χ3v) is 4.32. The van der Waals surface area contributed by atoms with E-state index < -0.39 is 0 Å². The lowest BCUT2D eigenvalue weighted by Crippen LogP contribution is -2.05. The molecule has 0 amide bonds. The van der Waals surface area contributed by atoms with Gasteiger partial charge in [-0.3, -0.25) is 4.79 Å². The lowest BCUT2D eigenvalue weighted by molar-refractivity contribution is 0.104. The molecule has 106 valence electrons. The highest BCUT2D eigenvalue weighted by Gasteiger charge is 2.16. The first-order valence-corrected chi connectivity index (χ1v) is 7.52. The van der Waals surface area contributed by atoms with Gasteiger partial charge in [-0.1, -0.05) is 23.9 Å². The standard InChI is InChI=1S/C17H16N2OS/c1-19(2)10-9-15(20)12-7-8-17-14(11-12)18-13-5-3-4-6-16(13)21-17/h3-11,18H,1-2H3. The maximum Gasteiger partial charge on any atom is 0.187 e. The van der Waals surface area contributed by atoms with Gasteiger partial charge in [0.15, 0.2) is 5.78 Å². The van der Waals surface area contributed by atoms with E-state index in [1.54, 1.807) is 24.0 Å². The molecule has 0 unspecified atom stereocenters. The lowest BCUT2D eigenvalue weighted by atomic mass is 10.1. The van der Waals surface area contributed by atoms with Gasteiger partial charge in [-0.25, -0.2) is 0 Å². The third-order valence-electron chi connectivity index (χ3n) is 3.16. The highest BCUT2D eigenvalue weighted by atomic mass is 32.2. The highest BCUT2D eigenvalue weighted by Crippen LogP contribution is 2.44. The predicted octanol–water partition coefficient (Wildman–Crippen LogP) is 4.15. The van der Waals surface area contributed by atoms with Crippen molar-refractivity contribution in [1.82, 2.24) is 4.90 Å². The summed E-state index contributed by atoms with van der Waals surface area (Å²) in [5, 5.41) is 3.39. The Morgan fingerprint density at radius 1 is 1.10 bits per heavy atom. The second-order valence-electron chi connectivity index (χ2n) is 5.08. The number of allylic oxidation sites excluding steroid dienone is 1. The van der Waals surface area contributed by atoms with Crippen molar-refractivity contribution in [3.8, 4) is 0 Å². The van der Waals surface area contributed by atoms with Gasteiger partial charge in [-0.2, -0.15) is 0 Å². The molecule has 0 bridgehead atoms. The van der Waals surface area contributed by atoms with Crippen LogP contribution in [0.25, 0.3) is 0 Å². The number of hydrogen-bond acceptors (Lipinski definition) is 4. The molecule has 2 aromatic rings. The zero-order valence-corrected chi connectivity index (χ0v) is 12.8. The van der Waals surface area contributed by atoms with Gasteiger partial charge >= 0.3 is 0 Å². The molecule has 0 saturated carbocycles. The molecular formula is C17H16N2OS. The Labute approximate surface area is 128 Å². The van der Waals surface area contributed by atoms with Crippen LogP contribution in [0.3, 0.4) is 0 Å². The molecule has 0 saturated heterocycles. The summed E-state index contributed by atoms with van der Waals surface area (Å²) < 4.78 is 0. The molecule has 1 heterocycles. The summed E-state index contributed by atoms with van der Waals surface area (Å²) in [5.74, 6) is 0.0113. The van der Waals surface area contributed by atoms with Crippen molar-refractivity contribution in [2.75, 3.05) is 19.4 Å². The van der Waals surface area contributed by atoms with E-state index in [9.17, 15) is 4.79 Å². The van der Waals surface area contributed by atoms with E-state index >= 15 is 0 Å². The maximum absolute atomic E-state index is 12.1. The van der Waals surface area contributed by atoms with E-state index in [1.165, 1.54) is 4.90 Å². The van der Waals surface area contributed by atoms with Crippen LogP contribution in [0.15, 0.2) is 64.5 Å². The first kappa shape index (κ1) is 13.8. The van der Waals surface area contributed by atoms with E-state index in [1.807, 2.05) is 55.4 Å². The van der Waals surface area contributed by atoms with Crippen LogP contribution in [-0.4, -0.2) is 24.8 Å². The second-order valence-corrected chi connectivity index (χ2v) is 6.16. The Hall–Kier alpha value is -2.20. The normalized spacial score (nSPS) is 12.5. The number of carbonyl (C=O) groups excluding carboxylic acids is 1. The second kappa shape index (κ2) is 5.66. The van der Waals surface area contributed by atoms with E-state index in [2.05, 4.69) is 11.4 Å². The molecule has 1 N–H and O–H groups in total. The summed E-state index contributed by atoms with van der Waals surface area (Å²) in [6.45, 7) is 0. The number of benzene rings is 2. The summed E-state index contributed by atoms with van der Waals surface area (Å²) >= 11 is 1.72. The number of fused-ring (bicyclic) bond motifs is 2. The van der Waals surface area contributed by atoms with Crippen LogP contribution >= 0.6 is 11.8 Å². The van der Waals surface area contributed by atoms with Crippen molar-refractivity contribution >= 4 is 28.9 Å². The number of hydrogen-bond donors (Lipinski definition) is 1. The van der Waals surface area contributed by atoms with Crippen molar-refractivity contribution in [1.29, 1.82) is 0 Å². The zero-order valence-electron chi connectivity index (χ0n) is 12.0. The van der Waals surface area contributed by atoms with Crippen LogP contribution in [0, 0.1) is 0 Å². The number of carbonyl (C=O) groups is 1. The van der Waals surface area contributed by atoms with Crippen LogP contribution in [0.1, 0.15) is 10.4 Å². The number of para-hydroxylation sites is 1. The fourth-order valence-corrected chi connectivity index (χ4v) is 3.07. The van der Waals surface area contributed by atoms with Crippen LogP contribution in [-0.2, 0) is 0 Å². The average Bonchev–Trinajstić information content (AvgIpc) is 2.50. The fraction of sp³-hybridized carbons (Fsp3) is 0.118. The molecule has 3 nitrogen and oxygen atoms in total. The number of anilines is 2. The number of nitrogens with one attached hydrogen (secondary N) is 1. The molecule has 0 fully saturated rings.